The van der Waals surface area contributed by atoms with Gasteiger partial charge in [-0.15, -0.1) is 0 Å². The summed E-state index contributed by atoms with van der Waals surface area (Å²) in [5.41, 5.74) is 1.77. The summed E-state index contributed by atoms with van der Waals surface area (Å²) in [5.74, 6) is -0.319. The molecule has 5 heteroatoms. The number of nitrogens with one attached hydrogen (secondary N) is 2. The van der Waals surface area contributed by atoms with Crippen molar-refractivity contribution in [2.45, 2.75) is 19.9 Å². The van der Waals surface area contributed by atoms with Crippen LogP contribution in [0.5, 0.6) is 0 Å². The molecule has 0 saturated carbocycles. The van der Waals surface area contributed by atoms with Gasteiger partial charge < -0.3 is 10.6 Å². The van der Waals surface area contributed by atoms with Gasteiger partial charge in [0.25, 0.3) is 11.8 Å². The van der Waals surface area contributed by atoms with Crippen LogP contribution in [0.3, 0.4) is 0 Å². The van der Waals surface area contributed by atoms with E-state index in [2.05, 4.69) is 26.6 Å². The zero-order chi connectivity index (χ0) is 16.1. The Morgan fingerprint density at radius 3 is 2.23 bits per heavy atom. The van der Waals surface area contributed by atoms with Crippen LogP contribution in [-0.4, -0.2) is 17.9 Å². The van der Waals surface area contributed by atoms with Crippen LogP contribution in [0.15, 0.2) is 53.0 Å². The third-order valence-corrected chi connectivity index (χ3v) is 3.40. The van der Waals surface area contributed by atoms with Crippen molar-refractivity contribution >= 4 is 33.4 Å². The molecule has 2 rings (SSSR count). The number of benzene rings is 2. The second-order valence-corrected chi connectivity index (χ2v) is 6.09. The first-order chi connectivity index (χ1) is 10.5. The molecule has 2 aromatic rings. The van der Waals surface area contributed by atoms with Gasteiger partial charge in [-0.1, -0.05) is 22.0 Å². The van der Waals surface area contributed by atoms with Gasteiger partial charge in [-0.05, 0) is 56.3 Å². The van der Waals surface area contributed by atoms with E-state index in [1.807, 2.05) is 19.9 Å². The normalized spacial score (nSPS) is 10.4. The number of amides is 2. The predicted molar refractivity (Wildman–Crippen MR) is 91.1 cm³/mol. The van der Waals surface area contributed by atoms with Gasteiger partial charge in [0.2, 0.25) is 0 Å². The van der Waals surface area contributed by atoms with Crippen molar-refractivity contribution in [3.8, 4) is 0 Å². The van der Waals surface area contributed by atoms with Crippen molar-refractivity contribution < 1.29 is 9.59 Å². The molecule has 4 nitrogen and oxygen atoms in total. The monoisotopic (exact) mass is 360 g/mol. The first kappa shape index (κ1) is 16.2. The number of halogens is 1. The number of carbonyl (C=O) groups excluding carboxylic acids is 2. The van der Waals surface area contributed by atoms with Crippen LogP contribution in [0.2, 0.25) is 0 Å². The predicted octanol–water partition coefficient (Wildman–Crippen LogP) is 3.84. The molecule has 0 radical (unpaired) electrons. The van der Waals surface area contributed by atoms with Crippen molar-refractivity contribution in [2.75, 3.05) is 5.32 Å². The van der Waals surface area contributed by atoms with Crippen LogP contribution in [0.1, 0.15) is 34.6 Å². The molecule has 0 aliphatic rings. The molecule has 0 aromatic heterocycles. The molecule has 0 unspecified atom stereocenters. The Morgan fingerprint density at radius 1 is 0.955 bits per heavy atom. The third kappa shape index (κ3) is 4.43. The number of hydrogen-bond donors (Lipinski definition) is 2. The molecule has 0 saturated heterocycles. The fraction of sp³-hybridized carbons (Fsp3) is 0.176. The molecular formula is C17H17BrN2O2. The van der Waals surface area contributed by atoms with Crippen molar-refractivity contribution in [3.63, 3.8) is 0 Å². The van der Waals surface area contributed by atoms with E-state index >= 15 is 0 Å². The van der Waals surface area contributed by atoms with Crippen molar-refractivity contribution in [3.05, 3.63) is 64.1 Å². The summed E-state index contributed by atoms with van der Waals surface area (Å²) in [6.45, 7) is 3.81. The average Bonchev–Trinajstić information content (AvgIpc) is 2.47. The van der Waals surface area contributed by atoms with Gasteiger partial charge in [0.05, 0.1) is 0 Å². The molecule has 0 heterocycles. The van der Waals surface area contributed by atoms with Gasteiger partial charge in [-0.3, -0.25) is 9.59 Å². The molecule has 2 amide bonds. The Morgan fingerprint density at radius 2 is 1.64 bits per heavy atom. The minimum absolute atomic E-state index is 0.0865. The van der Waals surface area contributed by atoms with Crippen LogP contribution in [0.25, 0.3) is 0 Å². The van der Waals surface area contributed by atoms with Crippen molar-refractivity contribution in [1.82, 2.24) is 5.32 Å². The van der Waals surface area contributed by atoms with Gasteiger partial charge >= 0.3 is 0 Å². The minimum Gasteiger partial charge on any atom is -0.350 e. The van der Waals surface area contributed by atoms with Gasteiger partial charge in [-0.25, -0.2) is 0 Å². The van der Waals surface area contributed by atoms with E-state index in [9.17, 15) is 9.59 Å². The molecule has 2 aromatic carbocycles. The average molecular weight is 361 g/mol. The highest BCUT2D eigenvalue weighted by atomic mass is 79.9. The molecular weight excluding hydrogens is 344 g/mol. The van der Waals surface area contributed by atoms with Gasteiger partial charge in [0.1, 0.15) is 0 Å². The lowest BCUT2D eigenvalue weighted by molar-refractivity contribution is 0.0942. The Hall–Kier alpha value is -2.14. The highest BCUT2D eigenvalue weighted by molar-refractivity contribution is 9.10. The molecule has 0 aliphatic heterocycles. The highest BCUT2D eigenvalue weighted by Crippen LogP contribution is 2.15. The van der Waals surface area contributed by atoms with E-state index < -0.39 is 0 Å². The summed E-state index contributed by atoms with van der Waals surface area (Å²) in [6.07, 6.45) is 0. The smallest absolute Gasteiger partial charge is 0.255 e. The summed E-state index contributed by atoms with van der Waals surface area (Å²) < 4.78 is 0.848. The molecule has 0 bridgehead atoms. The maximum atomic E-state index is 12.1. The lowest BCUT2D eigenvalue weighted by Gasteiger charge is -2.09. The molecule has 2 N–H and O–H groups in total. The lowest BCUT2D eigenvalue weighted by Crippen LogP contribution is -2.30. The van der Waals surface area contributed by atoms with Crippen molar-refractivity contribution in [2.24, 2.45) is 0 Å². The second kappa shape index (κ2) is 7.22. The Bertz CT molecular complexity index is 681. The number of carbonyl (C=O) groups is 2. The molecule has 114 valence electrons. The van der Waals surface area contributed by atoms with E-state index in [4.69, 9.17) is 0 Å². The highest BCUT2D eigenvalue weighted by Gasteiger charge is 2.09. The topological polar surface area (TPSA) is 58.2 Å². The van der Waals surface area contributed by atoms with E-state index in [-0.39, 0.29) is 17.9 Å². The van der Waals surface area contributed by atoms with Crippen LogP contribution in [0, 0.1) is 0 Å². The lowest BCUT2D eigenvalue weighted by atomic mass is 10.1. The standard InChI is InChI=1S/C17H17BrN2O2/c1-11(2)19-16(21)12-6-8-15(9-7-12)20-17(22)13-4-3-5-14(18)10-13/h3-11H,1-2H3,(H,19,21)(H,20,22). The summed E-state index contributed by atoms with van der Waals surface area (Å²) in [5, 5.41) is 5.62. The Labute approximate surface area is 138 Å². The van der Waals surface area contributed by atoms with E-state index in [0.29, 0.717) is 16.8 Å². The minimum atomic E-state index is -0.194. The van der Waals surface area contributed by atoms with Crippen LogP contribution in [-0.2, 0) is 0 Å². The maximum absolute atomic E-state index is 12.1. The van der Waals surface area contributed by atoms with Crippen LogP contribution >= 0.6 is 15.9 Å². The van der Waals surface area contributed by atoms with E-state index in [1.165, 1.54) is 0 Å². The molecule has 0 spiro atoms. The number of anilines is 1. The van der Waals surface area contributed by atoms with E-state index in [0.717, 1.165) is 4.47 Å². The van der Waals surface area contributed by atoms with Gasteiger partial charge in [0.15, 0.2) is 0 Å². The zero-order valence-corrected chi connectivity index (χ0v) is 14.0. The third-order valence-electron chi connectivity index (χ3n) is 2.91. The quantitative estimate of drug-likeness (QED) is 0.869. The second-order valence-electron chi connectivity index (χ2n) is 5.17. The largest absolute Gasteiger partial charge is 0.350 e. The van der Waals surface area contributed by atoms with Crippen LogP contribution < -0.4 is 10.6 Å². The SMILES string of the molecule is CC(C)NC(=O)c1ccc(NC(=O)c2cccc(Br)c2)cc1. The fourth-order valence-electron chi connectivity index (χ4n) is 1.88. The van der Waals surface area contributed by atoms with Gasteiger partial charge in [0, 0.05) is 27.3 Å². The molecule has 22 heavy (non-hydrogen) atoms. The first-order valence-electron chi connectivity index (χ1n) is 6.93. The molecule has 0 atom stereocenters. The summed E-state index contributed by atoms with van der Waals surface area (Å²) in [4.78, 5) is 24.0. The summed E-state index contributed by atoms with van der Waals surface area (Å²) in [7, 11) is 0. The fourth-order valence-corrected chi connectivity index (χ4v) is 2.28. The molecule has 0 fully saturated rings. The summed E-state index contributed by atoms with van der Waals surface area (Å²) in [6, 6.07) is 14.0. The number of rotatable bonds is 4. The number of hydrogen-bond acceptors (Lipinski definition) is 2. The maximum Gasteiger partial charge on any atom is 0.255 e. The van der Waals surface area contributed by atoms with Crippen LogP contribution in [0.4, 0.5) is 5.69 Å². The molecule has 0 aliphatic carbocycles. The van der Waals surface area contributed by atoms with Gasteiger partial charge in [-0.2, -0.15) is 0 Å². The zero-order valence-electron chi connectivity index (χ0n) is 12.4. The Balaban J connectivity index is 2.05. The Kier molecular flexibility index (Phi) is 5.33. The van der Waals surface area contributed by atoms with Crippen molar-refractivity contribution in [1.29, 1.82) is 0 Å². The summed E-state index contributed by atoms with van der Waals surface area (Å²) >= 11 is 3.34. The van der Waals surface area contributed by atoms with E-state index in [1.54, 1.807) is 42.5 Å². The first-order valence-corrected chi connectivity index (χ1v) is 7.73.